The molecule has 8 nitrogen and oxygen atoms in total. The number of hydrogen-bond donors (Lipinski definition) is 1. The zero-order valence-electron chi connectivity index (χ0n) is 12.0. The van der Waals surface area contributed by atoms with Gasteiger partial charge in [0.25, 0.3) is 7.82 Å². The predicted octanol–water partition coefficient (Wildman–Crippen LogP) is 1.39. The Balaban J connectivity index is 0. The highest BCUT2D eigenvalue weighted by Crippen LogP contribution is 2.50. The van der Waals surface area contributed by atoms with Gasteiger partial charge < -0.3 is 29.9 Å². The van der Waals surface area contributed by atoms with Crippen LogP contribution in [0.15, 0.2) is 23.3 Å². The van der Waals surface area contributed by atoms with Crippen LogP contribution in [0.2, 0.25) is 0 Å². The molecular formula is C10H21NO7P2-2. The highest BCUT2D eigenvalue weighted by atomic mass is 31.3. The lowest BCUT2D eigenvalue weighted by Gasteiger charge is -2.34. The molecule has 0 radical (unpaired) electrons. The van der Waals surface area contributed by atoms with Gasteiger partial charge in [-0.15, -0.1) is 0 Å². The summed E-state index contributed by atoms with van der Waals surface area (Å²) >= 11 is 0. The lowest BCUT2D eigenvalue weighted by Crippen LogP contribution is -2.19. The fourth-order valence-corrected chi connectivity index (χ4v) is 2.53. The summed E-state index contributed by atoms with van der Waals surface area (Å²) in [5.74, 6) is 0. The second-order valence-electron chi connectivity index (χ2n) is 4.14. The topological polar surface area (TPSA) is 158 Å². The minimum absolute atomic E-state index is 0. The third-order valence-corrected chi connectivity index (χ3v) is 4.02. The molecule has 0 aliphatic rings. The zero-order chi connectivity index (χ0) is 15.1. The van der Waals surface area contributed by atoms with E-state index in [1.807, 2.05) is 19.9 Å². The maximum atomic E-state index is 10.9. The van der Waals surface area contributed by atoms with Gasteiger partial charge in [0.1, 0.15) is 0 Å². The van der Waals surface area contributed by atoms with Crippen molar-refractivity contribution in [3.8, 4) is 0 Å². The molecule has 0 aliphatic carbocycles. The standard InChI is InChI=1S/C10H20O7P2.H3N/c1-9(2)5-4-6-10(3)7-8-16-19(14,15)17-18(11,12)13;/h5,7H,4,6,8H2,1-3H3,(H,14,15)(H2,11,12,13);1H3/p-2. The minimum atomic E-state index is -5.61. The van der Waals surface area contributed by atoms with Gasteiger partial charge in [0, 0.05) is 0 Å². The van der Waals surface area contributed by atoms with Gasteiger partial charge >= 0.3 is 0 Å². The van der Waals surface area contributed by atoms with Crippen LogP contribution in [0.5, 0.6) is 0 Å². The summed E-state index contributed by atoms with van der Waals surface area (Å²) in [5, 5.41) is 0. The summed E-state index contributed by atoms with van der Waals surface area (Å²) in [5.41, 5.74) is 2.06. The molecule has 1 unspecified atom stereocenters. The van der Waals surface area contributed by atoms with Crippen LogP contribution in [-0.4, -0.2) is 6.61 Å². The highest BCUT2D eigenvalue weighted by Gasteiger charge is 2.10. The number of phosphoric ester groups is 1. The summed E-state index contributed by atoms with van der Waals surface area (Å²) in [6.45, 7) is 5.35. The summed E-state index contributed by atoms with van der Waals surface area (Å²) in [4.78, 5) is 31.2. The SMILES string of the molecule is CC(C)=CCCC(C)=CCOP(=O)([O-])OP(=O)([O-])[O-].[NH4+]. The molecular weight excluding hydrogens is 308 g/mol. The van der Waals surface area contributed by atoms with Crippen LogP contribution in [0.3, 0.4) is 0 Å². The second-order valence-corrected chi connectivity index (χ2v) is 6.84. The van der Waals surface area contributed by atoms with Crippen molar-refractivity contribution in [2.24, 2.45) is 0 Å². The molecule has 0 aromatic carbocycles. The van der Waals surface area contributed by atoms with Crippen molar-refractivity contribution in [3.63, 3.8) is 0 Å². The van der Waals surface area contributed by atoms with E-state index in [9.17, 15) is 23.8 Å². The Morgan fingerprint density at radius 3 is 2.10 bits per heavy atom. The van der Waals surface area contributed by atoms with E-state index in [2.05, 4.69) is 8.83 Å². The molecule has 120 valence electrons. The van der Waals surface area contributed by atoms with Crippen LogP contribution in [0.25, 0.3) is 0 Å². The molecule has 0 bridgehead atoms. The summed E-state index contributed by atoms with van der Waals surface area (Å²) in [7, 11) is -10.7. The summed E-state index contributed by atoms with van der Waals surface area (Å²) < 4.78 is 28.5. The number of allylic oxidation sites excluding steroid dienone is 3. The molecule has 0 fully saturated rings. The normalized spacial score (nSPS) is 15.2. The van der Waals surface area contributed by atoms with Gasteiger partial charge in [-0.2, -0.15) is 0 Å². The van der Waals surface area contributed by atoms with E-state index in [0.717, 1.165) is 18.4 Å². The van der Waals surface area contributed by atoms with Crippen LogP contribution >= 0.6 is 15.6 Å². The third kappa shape index (κ3) is 14.1. The average molecular weight is 329 g/mol. The molecule has 0 aliphatic heterocycles. The molecule has 0 amide bonds. The Hall–Kier alpha value is -0.300. The highest BCUT2D eigenvalue weighted by molar-refractivity contribution is 7.58. The van der Waals surface area contributed by atoms with E-state index in [1.54, 1.807) is 6.92 Å². The van der Waals surface area contributed by atoms with Crippen molar-refractivity contribution in [1.82, 2.24) is 6.15 Å². The monoisotopic (exact) mass is 329 g/mol. The fourth-order valence-electron chi connectivity index (χ4n) is 1.11. The fraction of sp³-hybridized carbons (Fsp3) is 0.600. The molecule has 4 N–H and O–H groups in total. The van der Waals surface area contributed by atoms with Crippen molar-refractivity contribution in [1.29, 1.82) is 0 Å². The lowest BCUT2D eigenvalue weighted by atomic mass is 10.1. The van der Waals surface area contributed by atoms with Crippen molar-refractivity contribution in [2.75, 3.05) is 6.61 Å². The van der Waals surface area contributed by atoms with Crippen molar-refractivity contribution < 1.29 is 32.6 Å². The molecule has 0 aromatic rings. The molecule has 20 heavy (non-hydrogen) atoms. The summed E-state index contributed by atoms with van der Waals surface area (Å²) in [6, 6.07) is 0. The van der Waals surface area contributed by atoms with Crippen LogP contribution < -0.4 is 20.8 Å². The first-order valence-electron chi connectivity index (χ1n) is 5.50. The first-order chi connectivity index (χ1) is 8.52. The third-order valence-electron chi connectivity index (χ3n) is 1.96. The van der Waals surface area contributed by atoms with Gasteiger partial charge in [-0.05, 0) is 33.6 Å². The number of phosphoric acid groups is 2. The van der Waals surface area contributed by atoms with Crippen LogP contribution in [0.4, 0.5) is 0 Å². The average Bonchev–Trinajstić information content (AvgIpc) is 2.12. The predicted molar refractivity (Wildman–Crippen MR) is 70.7 cm³/mol. The first kappa shape index (κ1) is 22.0. The van der Waals surface area contributed by atoms with E-state index in [0.29, 0.717) is 0 Å². The van der Waals surface area contributed by atoms with E-state index in [4.69, 9.17) is 0 Å². The van der Waals surface area contributed by atoms with E-state index in [1.165, 1.54) is 11.6 Å². The second kappa shape index (κ2) is 9.60. The van der Waals surface area contributed by atoms with E-state index in [-0.39, 0.29) is 12.8 Å². The largest absolute Gasteiger partial charge is 0.790 e. The maximum Gasteiger partial charge on any atom is 0.272 e. The van der Waals surface area contributed by atoms with Crippen LogP contribution in [-0.2, 0) is 18.0 Å². The van der Waals surface area contributed by atoms with Gasteiger partial charge in [0.2, 0.25) is 0 Å². The zero-order valence-corrected chi connectivity index (χ0v) is 13.8. The molecule has 0 spiro atoms. The van der Waals surface area contributed by atoms with Gasteiger partial charge in [-0.25, -0.2) is 0 Å². The quantitative estimate of drug-likeness (QED) is 0.520. The molecule has 1 atom stereocenters. The van der Waals surface area contributed by atoms with Gasteiger partial charge in [0.15, 0.2) is 0 Å². The van der Waals surface area contributed by atoms with Crippen molar-refractivity contribution in [3.05, 3.63) is 23.3 Å². The first-order valence-corrected chi connectivity index (χ1v) is 8.42. The van der Waals surface area contributed by atoms with Gasteiger partial charge in [0.05, 0.1) is 14.4 Å². The maximum absolute atomic E-state index is 10.9. The van der Waals surface area contributed by atoms with Gasteiger partial charge in [-0.1, -0.05) is 23.3 Å². The summed E-state index contributed by atoms with van der Waals surface area (Å²) in [6.07, 6.45) is 5.05. The number of rotatable bonds is 8. The van der Waals surface area contributed by atoms with Crippen LogP contribution in [0, 0.1) is 0 Å². The minimum Gasteiger partial charge on any atom is -0.790 e. The molecule has 0 saturated heterocycles. The van der Waals surface area contributed by atoms with Crippen molar-refractivity contribution in [2.45, 2.75) is 33.6 Å². The Labute approximate surface area is 118 Å². The molecule has 10 heteroatoms. The lowest BCUT2D eigenvalue weighted by molar-refractivity contribution is -0.339. The molecule has 0 aromatic heterocycles. The van der Waals surface area contributed by atoms with Crippen molar-refractivity contribution >= 4 is 15.6 Å². The van der Waals surface area contributed by atoms with Crippen LogP contribution in [0.1, 0.15) is 33.6 Å². The Kier molecular flexibility index (Phi) is 10.6. The number of quaternary nitrogens is 1. The Morgan fingerprint density at radius 1 is 1.10 bits per heavy atom. The van der Waals surface area contributed by atoms with E-state index < -0.39 is 15.6 Å². The number of hydrogen-bond acceptors (Lipinski definition) is 7. The van der Waals surface area contributed by atoms with Gasteiger partial charge in [-0.3, -0.25) is 8.88 Å². The Bertz CT molecular complexity index is 437. The Morgan fingerprint density at radius 2 is 1.65 bits per heavy atom. The molecule has 0 heterocycles. The van der Waals surface area contributed by atoms with E-state index >= 15 is 0 Å². The smallest absolute Gasteiger partial charge is 0.272 e. The molecule has 0 rings (SSSR count). The molecule has 0 saturated carbocycles.